The summed E-state index contributed by atoms with van der Waals surface area (Å²) in [6.07, 6.45) is 0. The summed E-state index contributed by atoms with van der Waals surface area (Å²) < 4.78 is 0. The molecule has 1 amide bonds. The number of anilines is 1. The maximum atomic E-state index is 12.4. The SMILES string of the molecule is O=C(CSc1nnc(-c2ccccc2)c(-c2ccccc2)n1)Nc1ccc(Cl)cc1Cl. The fraction of sp³-hybridized carbons (Fsp3) is 0.0435. The quantitative estimate of drug-likeness (QED) is 0.340. The number of carbonyl (C=O) groups is 1. The van der Waals surface area contributed by atoms with Crippen molar-refractivity contribution in [2.75, 3.05) is 11.1 Å². The Kier molecular flexibility index (Phi) is 6.82. The number of hydrogen-bond acceptors (Lipinski definition) is 5. The van der Waals surface area contributed by atoms with Crippen LogP contribution in [0.2, 0.25) is 10.0 Å². The summed E-state index contributed by atoms with van der Waals surface area (Å²) in [5.74, 6) is -0.120. The minimum Gasteiger partial charge on any atom is -0.324 e. The minimum atomic E-state index is -0.230. The highest BCUT2D eigenvalue weighted by atomic mass is 35.5. The van der Waals surface area contributed by atoms with Crippen molar-refractivity contribution in [1.82, 2.24) is 15.2 Å². The molecule has 0 spiro atoms. The van der Waals surface area contributed by atoms with Crippen molar-refractivity contribution in [2.24, 2.45) is 0 Å². The lowest BCUT2D eigenvalue weighted by Crippen LogP contribution is -2.14. The second-order valence-electron chi connectivity index (χ2n) is 6.48. The average molecular weight is 467 g/mol. The summed E-state index contributed by atoms with van der Waals surface area (Å²) in [5.41, 5.74) is 3.75. The second-order valence-corrected chi connectivity index (χ2v) is 8.27. The van der Waals surface area contributed by atoms with Gasteiger partial charge in [0.2, 0.25) is 11.1 Å². The molecule has 0 bridgehead atoms. The summed E-state index contributed by atoms with van der Waals surface area (Å²) in [6, 6.07) is 24.5. The van der Waals surface area contributed by atoms with Crippen molar-refractivity contribution >= 4 is 46.6 Å². The molecule has 3 aromatic carbocycles. The first kappa shape index (κ1) is 21.3. The molecule has 0 saturated carbocycles. The van der Waals surface area contributed by atoms with Gasteiger partial charge >= 0.3 is 0 Å². The molecular formula is C23H16Cl2N4OS. The number of amides is 1. The van der Waals surface area contributed by atoms with Crippen molar-refractivity contribution in [3.63, 3.8) is 0 Å². The molecule has 1 aromatic heterocycles. The zero-order valence-electron chi connectivity index (χ0n) is 16.1. The van der Waals surface area contributed by atoms with Crippen LogP contribution in [0.25, 0.3) is 22.5 Å². The predicted molar refractivity (Wildman–Crippen MR) is 127 cm³/mol. The number of benzene rings is 3. The Hall–Kier alpha value is -2.93. The topological polar surface area (TPSA) is 67.8 Å². The van der Waals surface area contributed by atoms with E-state index in [2.05, 4.69) is 15.5 Å². The molecule has 0 saturated heterocycles. The predicted octanol–water partition coefficient (Wildman–Crippen LogP) is 6.24. The molecule has 31 heavy (non-hydrogen) atoms. The Morgan fingerprint density at radius 2 is 1.48 bits per heavy atom. The Bertz CT molecular complexity index is 1210. The summed E-state index contributed by atoms with van der Waals surface area (Å²) in [7, 11) is 0. The van der Waals surface area contributed by atoms with Crippen molar-refractivity contribution in [2.45, 2.75) is 5.16 Å². The largest absolute Gasteiger partial charge is 0.324 e. The van der Waals surface area contributed by atoms with Gasteiger partial charge in [0, 0.05) is 16.1 Å². The van der Waals surface area contributed by atoms with Crippen molar-refractivity contribution in [3.05, 3.63) is 88.9 Å². The van der Waals surface area contributed by atoms with Crippen LogP contribution in [0.1, 0.15) is 0 Å². The van der Waals surface area contributed by atoms with E-state index < -0.39 is 0 Å². The van der Waals surface area contributed by atoms with Crippen LogP contribution in [-0.2, 0) is 4.79 Å². The van der Waals surface area contributed by atoms with Gasteiger partial charge in [-0.2, -0.15) is 0 Å². The number of aromatic nitrogens is 3. The van der Waals surface area contributed by atoms with Crippen LogP contribution in [0.5, 0.6) is 0 Å². The van der Waals surface area contributed by atoms with Gasteiger partial charge in [-0.15, -0.1) is 10.2 Å². The normalized spacial score (nSPS) is 10.6. The molecule has 154 valence electrons. The molecule has 0 atom stereocenters. The van der Waals surface area contributed by atoms with Gasteiger partial charge in [-0.3, -0.25) is 4.79 Å². The summed E-state index contributed by atoms with van der Waals surface area (Å²) in [5, 5.41) is 12.7. The Labute approximate surface area is 193 Å². The number of nitrogens with zero attached hydrogens (tertiary/aromatic N) is 3. The van der Waals surface area contributed by atoms with E-state index in [1.165, 1.54) is 11.8 Å². The molecule has 1 N–H and O–H groups in total. The van der Waals surface area contributed by atoms with E-state index in [4.69, 9.17) is 28.2 Å². The van der Waals surface area contributed by atoms with Crippen LogP contribution in [0.15, 0.2) is 84.0 Å². The van der Waals surface area contributed by atoms with E-state index >= 15 is 0 Å². The number of carbonyl (C=O) groups excluding carboxylic acids is 1. The highest BCUT2D eigenvalue weighted by Gasteiger charge is 2.15. The Morgan fingerprint density at radius 3 is 2.13 bits per heavy atom. The van der Waals surface area contributed by atoms with Gasteiger partial charge in [0.05, 0.1) is 16.5 Å². The maximum absolute atomic E-state index is 12.4. The summed E-state index contributed by atoms with van der Waals surface area (Å²) in [6.45, 7) is 0. The van der Waals surface area contributed by atoms with Crippen molar-refractivity contribution < 1.29 is 4.79 Å². The number of thioether (sulfide) groups is 1. The molecule has 0 radical (unpaired) electrons. The highest BCUT2D eigenvalue weighted by Crippen LogP contribution is 2.30. The molecule has 8 heteroatoms. The molecule has 1 heterocycles. The van der Waals surface area contributed by atoms with Crippen LogP contribution in [0.4, 0.5) is 5.69 Å². The number of halogens is 2. The standard InChI is InChI=1S/C23H16Cl2N4OS/c24-17-11-12-19(18(25)13-17)26-20(30)14-31-23-27-21(15-7-3-1-4-8-15)22(28-29-23)16-9-5-2-6-10-16/h1-13H,14H2,(H,26,30). The number of nitrogens with one attached hydrogen (secondary N) is 1. The van der Waals surface area contributed by atoms with Crippen LogP contribution in [0.3, 0.4) is 0 Å². The van der Waals surface area contributed by atoms with Gasteiger partial charge < -0.3 is 5.32 Å². The molecule has 5 nitrogen and oxygen atoms in total. The second kappa shape index (κ2) is 9.92. The zero-order valence-corrected chi connectivity index (χ0v) is 18.5. The fourth-order valence-electron chi connectivity index (χ4n) is 2.87. The van der Waals surface area contributed by atoms with Gasteiger partial charge in [-0.05, 0) is 18.2 Å². The molecule has 4 rings (SSSR count). The number of hydrogen-bond donors (Lipinski definition) is 1. The van der Waals surface area contributed by atoms with E-state index in [1.54, 1.807) is 18.2 Å². The van der Waals surface area contributed by atoms with E-state index in [1.807, 2.05) is 60.7 Å². The summed E-state index contributed by atoms with van der Waals surface area (Å²) in [4.78, 5) is 17.1. The van der Waals surface area contributed by atoms with Crippen LogP contribution < -0.4 is 5.32 Å². The van der Waals surface area contributed by atoms with Crippen molar-refractivity contribution in [1.29, 1.82) is 0 Å². The molecule has 0 aliphatic heterocycles. The molecule has 0 unspecified atom stereocenters. The Morgan fingerprint density at radius 1 is 0.839 bits per heavy atom. The molecule has 0 aliphatic carbocycles. The lowest BCUT2D eigenvalue weighted by Gasteiger charge is -2.10. The Balaban J connectivity index is 1.54. The summed E-state index contributed by atoms with van der Waals surface area (Å²) >= 11 is 13.2. The van der Waals surface area contributed by atoms with E-state index in [9.17, 15) is 4.79 Å². The van der Waals surface area contributed by atoms with Crippen LogP contribution >= 0.6 is 35.0 Å². The van der Waals surface area contributed by atoms with Crippen LogP contribution in [-0.4, -0.2) is 26.8 Å². The fourth-order valence-corrected chi connectivity index (χ4v) is 3.91. The molecule has 4 aromatic rings. The first-order valence-electron chi connectivity index (χ1n) is 9.33. The van der Waals surface area contributed by atoms with Gasteiger partial charge in [0.25, 0.3) is 0 Å². The van der Waals surface area contributed by atoms with E-state index in [0.717, 1.165) is 11.1 Å². The van der Waals surface area contributed by atoms with Gasteiger partial charge in [-0.1, -0.05) is 95.6 Å². The van der Waals surface area contributed by atoms with Crippen molar-refractivity contribution in [3.8, 4) is 22.5 Å². The first-order valence-corrected chi connectivity index (χ1v) is 11.1. The van der Waals surface area contributed by atoms with E-state index in [-0.39, 0.29) is 11.7 Å². The van der Waals surface area contributed by atoms with E-state index in [0.29, 0.717) is 32.3 Å². The third-order valence-corrected chi connectivity index (χ3v) is 5.68. The third kappa shape index (κ3) is 5.41. The molecule has 0 fully saturated rings. The van der Waals surface area contributed by atoms with Gasteiger partial charge in [0.1, 0.15) is 11.4 Å². The highest BCUT2D eigenvalue weighted by molar-refractivity contribution is 7.99. The average Bonchev–Trinajstić information content (AvgIpc) is 2.80. The lowest BCUT2D eigenvalue weighted by molar-refractivity contribution is -0.113. The molecule has 0 aliphatic rings. The third-order valence-electron chi connectivity index (χ3n) is 4.30. The maximum Gasteiger partial charge on any atom is 0.234 e. The lowest BCUT2D eigenvalue weighted by atomic mass is 10.0. The minimum absolute atomic E-state index is 0.111. The van der Waals surface area contributed by atoms with Gasteiger partial charge in [0.15, 0.2) is 0 Å². The monoisotopic (exact) mass is 466 g/mol. The zero-order chi connectivity index (χ0) is 21.6. The van der Waals surface area contributed by atoms with Gasteiger partial charge in [-0.25, -0.2) is 4.98 Å². The van der Waals surface area contributed by atoms with Crippen LogP contribution in [0, 0.1) is 0 Å². The molecular weight excluding hydrogens is 451 g/mol. The number of rotatable bonds is 6. The smallest absolute Gasteiger partial charge is 0.234 e. The first-order chi connectivity index (χ1) is 15.1.